The maximum atomic E-state index is 12.4. The Balaban J connectivity index is 2.24. The molecule has 0 fully saturated rings. The lowest BCUT2D eigenvalue weighted by atomic mass is 10.1. The monoisotopic (exact) mass is 334 g/mol. The predicted molar refractivity (Wildman–Crippen MR) is 88.0 cm³/mol. The van der Waals surface area contributed by atoms with Crippen LogP contribution in [0.5, 0.6) is 5.75 Å². The van der Waals surface area contributed by atoms with Crippen LogP contribution in [0.1, 0.15) is 36.8 Å². The summed E-state index contributed by atoms with van der Waals surface area (Å²) in [7, 11) is 3.25. The van der Waals surface area contributed by atoms with E-state index < -0.39 is 17.5 Å². The number of carbonyl (C=O) groups is 2. The largest absolute Gasteiger partial charge is 0.495 e. The summed E-state index contributed by atoms with van der Waals surface area (Å²) in [6.07, 6.45) is 1.41. The number of nitrogens with zero attached hydrogens (tertiary/aromatic N) is 3. The third-order valence-electron chi connectivity index (χ3n) is 3.24. The van der Waals surface area contributed by atoms with Crippen molar-refractivity contribution >= 4 is 22.9 Å². The van der Waals surface area contributed by atoms with E-state index in [1.807, 2.05) is 6.92 Å². The summed E-state index contributed by atoms with van der Waals surface area (Å²) < 4.78 is 12.2. The van der Waals surface area contributed by atoms with E-state index in [9.17, 15) is 9.59 Å². The number of ether oxygens (including phenoxy) is 2. The van der Waals surface area contributed by atoms with Crippen molar-refractivity contribution in [2.75, 3.05) is 13.7 Å². The van der Waals surface area contributed by atoms with Crippen molar-refractivity contribution < 1.29 is 19.1 Å². The van der Waals surface area contributed by atoms with Crippen LogP contribution in [0.25, 0.3) is 11.0 Å². The molecule has 2 aromatic heterocycles. The fourth-order valence-corrected chi connectivity index (χ4v) is 2.38. The number of aromatic nitrogens is 3. The van der Waals surface area contributed by atoms with E-state index in [-0.39, 0.29) is 12.1 Å². The van der Waals surface area contributed by atoms with E-state index in [1.165, 1.54) is 13.3 Å². The Labute approximate surface area is 140 Å². The number of hydrogen-bond acceptors (Lipinski definition) is 6. The van der Waals surface area contributed by atoms with Crippen LogP contribution in [-0.2, 0) is 16.6 Å². The number of amides is 1. The summed E-state index contributed by atoms with van der Waals surface area (Å²) in [5, 5.41) is 7.48. The normalized spacial score (nSPS) is 11.4. The zero-order valence-corrected chi connectivity index (χ0v) is 14.8. The molecule has 0 saturated carbocycles. The van der Waals surface area contributed by atoms with Crippen molar-refractivity contribution in [2.45, 2.75) is 33.3 Å². The summed E-state index contributed by atoms with van der Waals surface area (Å²) in [6.45, 7) is 6.87. The summed E-state index contributed by atoms with van der Waals surface area (Å²) in [5.41, 5.74) is 0.962. The third kappa shape index (κ3) is 3.64. The predicted octanol–water partition coefficient (Wildman–Crippen LogP) is 1.36. The maximum Gasteiger partial charge on any atom is 0.325 e. The first-order valence-corrected chi connectivity index (χ1v) is 7.50. The zero-order valence-electron chi connectivity index (χ0n) is 14.8. The number of fused-ring (bicyclic) bond motifs is 1. The van der Waals surface area contributed by atoms with Crippen molar-refractivity contribution in [2.24, 2.45) is 7.05 Å². The number of methoxy groups -OCH3 is 1. The van der Waals surface area contributed by atoms with Gasteiger partial charge in [-0.25, -0.2) is 4.98 Å². The van der Waals surface area contributed by atoms with Gasteiger partial charge in [-0.1, -0.05) is 0 Å². The second-order valence-corrected chi connectivity index (χ2v) is 6.38. The molecule has 0 radical (unpaired) electrons. The molecule has 0 aromatic carbocycles. The number of pyridine rings is 1. The van der Waals surface area contributed by atoms with Gasteiger partial charge in [-0.05, 0) is 27.7 Å². The van der Waals surface area contributed by atoms with E-state index in [0.29, 0.717) is 22.5 Å². The number of carbonyl (C=O) groups excluding carboxylic acids is 2. The average molecular weight is 334 g/mol. The standard InChI is InChI=1S/C16H22N4O4/c1-9-12-13(23-6)10(7-17-14(12)20(5)19-9)15(22)18-8-11(21)24-16(2,3)4/h7H,8H2,1-6H3,(H,18,22). The molecule has 0 unspecified atom stereocenters. The second-order valence-electron chi connectivity index (χ2n) is 6.38. The summed E-state index contributed by atoms with van der Waals surface area (Å²) in [4.78, 5) is 28.4. The fourth-order valence-electron chi connectivity index (χ4n) is 2.38. The molecular weight excluding hydrogens is 312 g/mol. The van der Waals surface area contributed by atoms with Crippen molar-refractivity contribution in [1.29, 1.82) is 0 Å². The molecule has 0 aliphatic rings. The van der Waals surface area contributed by atoms with Crippen LogP contribution in [-0.4, -0.2) is 45.9 Å². The molecular formula is C16H22N4O4. The van der Waals surface area contributed by atoms with Crippen molar-refractivity contribution in [3.05, 3.63) is 17.5 Å². The molecule has 24 heavy (non-hydrogen) atoms. The van der Waals surface area contributed by atoms with Gasteiger partial charge >= 0.3 is 5.97 Å². The summed E-state index contributed by atoms with van der Waals surface area (Å²) >= 11 is 0. The molecule has 130 valence electrons. The minimum atomic E-state index is -0.604. The molecule has 0 saturated heterocycles. The van der Waals surface area contributed by atoms with Gasteiger partial charge in [0.1, 0.15) is 23.5 Å². The smallest absolute Gasteiger partial charge is 0.325 e. The van der Waals surface area contributed by atoms with Crippen LogP contribution in [0.15, 0.2) is 6.20 Å². The van der Waals surface area contributed by atoms with E-state index in [4.69, 9.17) is 9.47 Å². The molecule has 1 amide bonds. The van der Waals surface area contributed by atoms with Crippen molar-refractivity contribution in [1.82, 2.24) is 20.1 Å². The molecule has 0 aliphatic heterocycles. The van der Waals surface area contributed by atoms with Crippen LogP contribution in [0.3, 0.4) is 0 Å². The summed E-state index contributed by atoms with van der Waals surface area (Å²) in [6, 6.07) is 0. The molecule has 2 rings (SSSR count). The number of esters is 1. The first-order chi connectivity index (χ1) is 11.1. The number of hydrogen-bond donors (Lipinski definition) is 1. The molecule has 8 nitrogen and oxygen atoms in total. The maximum absolute atomic E-state index is 12.4. The van der Waals surface area contributed by atoms with Crippen LogP contribution in [0.2, 0.25) is 0 Å². The first kappa shape index (κ1) is 17.7. The van der Waals surface area contributed by atoms with E-state index in [1.54, 1.807) is 32.5 Å². The van der Waals surface area contributed by atoms with Crippen molar-refractivity contribution in [3.8, 4) is 5.75 Å². The zero-order chi connectivity index (χ0) is 18.1. The van der Waals surface area contributed by atoms with Crippen molar-refractivity contribution in [3.63, 3.8) is 0 Å². The van der Waals surface area contributed by atoms with Crippen LogP contribution < -0.4 is 10.1 Å². The molecule has 1 N–H and O–H groups in total. The fraction of sp³-hybridized carbons (Fsp3) is 0.500. The van der Waals surface area contributed by atoms with Gasteiger partial charge in [0.05, 0.1) is 18.2 Å². The highest BCUT2D eigenvalue weighted by molar-refractivity contribution is 6.03. The Morgan fingerprint density at radius 3 is 2.58 bits per heavy atom. The van der Waals surface area contributed by atoms with Gasteiger partial charge in [0.25, 0.3) is 5.91 Å². The molecule has 2 aromatic rings. The minimum absolute atomic E-state index is 0.233. The minimum Gasteiger partial charge on any atom is -0.495 e. The number of rotatable bonds is 4. The Morgan fingerprint density at radius 2 is 2.00 bits per heavy atom. The van der Waals surface area contributed by atoms with E-state index in [2.05, 4.69) is 15.4 Å². The lowest BCUT2D eigenvalue weighted by Crippen LogP contribution is -2.34. The van der Waals surface area contributed by atoms with Crippen LogP contribution in [0.4, 0.5) is 0 Å². The highest BCUT2D eigenvalue weighted by atomic mass is 16.6. The Kier molecular flexibility index (Phi) is 4.77. The van der Waals surface area contributed by atoms with Gasteiger partial charge in [0.2, 0.25) is 0 Å². The van der Waals surface area contributed by atoms with Gasteiger partial charge in [-0.2, -0.15) is 5.10 Å². The lowest BCUT2D eigenvalue weighted by Gasteiger charge is -2.19. The molecule has 0 aliphatic carbocycles. The topological polar surface area (TPSA) is 95.3 Å². The highest BCUT2D eigenvalue weighted by Gasteiger charge is 2.22. The van der Waals surface area contributed by atoms with Gasteiger partial charge in [0, 0.05) is 13.2 Å². The highest BCUT2D eigenvalue weighted by Crippen LogP contribution is 2.30. The molecule has 8 heteroatoms. The van der Waals surface area contributed by atoms with E-state index >= 15 is 0 Å². The second kappa shape index (κ2) is 6.46. The quantitative estimate of drug-likeness (QED) is 0.848. The molecule has 2 heterocycles. The third-order valence-corrected chi connectivity index (χ3v) is 3.24. The molecule has 0 spiro atoms. The Hall–Kier alpha value is -2.64. The SMILES string of the molecule is COc1c(C(=O)NCC(=O)OC(C)(C)C)cnc2c1c(C)nn2C. The van der Waals surface area contributed by atoms with Crippen LogP contribution >= 0.6 is 0 Å². The molecule has 0 bridgehead atoms. The van der Waals surface area contributed by atoms with Gasteiger partial charge in [0.15, 0.2) is 5.65 Å². The Morgan fingerprint density at radius 1 is 1.33 bits per heavy atom. The van der Waals surface area contributed by atoms with Crippen LogP contribution in [0, 0.1) is 6.92 Å². The van der Waals surface area contributed by atoms with E-state index in [0.717, 1.165) is 0 Å². The van der Waals surface area contributed by atoms with Gasteiger partial charge in [-0.3, -0.25) is 14.3 Å². The first-order valence-electron chi connectivity index (χ1n) is 7.50. The molecule has 0 atom stereocenters. The Bertz CT molecular complexity index is 789. The summed E-state index contributed by atoms with van der Waals surface area (Å²) in [5.74, 6) is -0.593. The number of aryl methyl sites for hydroxylation is 2. The van der Waals surface area contributed by atoms with Gasteiger partial charge in [-0.15, -0.1) is 0 Å². The average Bonchev–Trinajstić information content (AvgIpc) is 2.77. The lowest BCUT2D eigenvalue weighted by molar-refractivity contribution is -0.153. The van der Waals surface area contributed by atoms with Gasteiger partial charge < -0.3 is 14.8 Å². The number of nitrogens with one attached hydrogen (secondary N) is 1.